The number of hydroxylamine groups is 1. The summed E-state index contributed by atoms with van der Waals surface area (Å²) in [6, 6.07) is 0. The van der Waals surface area contributed by atoms with Crippen LogP contribution in [0, 0.1) is 5.21 Å². The van der Waals surface area contributed by atoms with Gasteiger partial charge in [-0.05, 0) is 12.2 Å². The van der Waals surface area contributed by atoms with E-state index in [1.54, 1.807) is 6.20 Å². The number of carbonyl (C=O) groups excluding carboxylic acids is 2. The molecule has 0 fully saturated rings. The van der Waals surface area contributed by atoms with Crippen LogP contribution >= 0.6 is 0 Å². The molecule has 1 rings (SSSR count). The number of nitrogens with one attached hydrogen (secondary N) is 1. The Balaban J connectivity index is 2.75. The number of carbonyl (C=O) groups is 2. The van der Waals surface area contributed by atoms with E-state index in [0.29, 0.717) is 0 Å². The number of rotatable bonds is 1. The second-order valence-electron chi connectivity index (χ2n) is 2.87. The van der Waals surface area contributed by atoms with Crippen molar-refractivity contribution in [2.75, 3.05) is 6.54 Å². The first-order valence-electron chi connectivity index (χ1n) is 4.01. The lowest BCUT2D eigenvalue weighted by molar-refractivity contribution is -0.775. The lowest BCUT2D eigenvalue weighted by Crippen LogP contribution is -3.16. The minimum atomic E-state index is -1.00. The van der Waals surface area contributed by atoms with Crippen LogP contribution in [-0.4, -0.2) is 23.3 Å². The second-order valence-corrected chi connectivity index (χ2v) is 2.87. The zero-order valence-corrected chi connectivity index (χ0v) is 7.69. The monoisotopic (exact) mass is 197 g/mol. The average molecular weight is 197 g/mol. The van der Waals surface area contributed by atoms with Gasteiger partial charge in [0.15, 0.2) is 0 Å². The summed E-state index contributed by atoms with van der Waals surface area (Å²) in [4.78, 5) is 23.4. The Hall–Kier alpha value is -1.50. The largest absolute Gasteiger partial charge is 0.606 e. The molecule has 1 aliphatic rings. The molecule has 76 valence electrons. The first kappa shape index (κ1) is 10.6. The van der Waals surface area contributed by atoms with Crippen molar-refractivity contribution in [1.29, 1.82) is 0 Å². The number of nitrogens with zero attached hydrogens (tertiary/aromatic N) is 1. The third kappa shape index (κ3) is 2.25. The maximum Gasteiger partial charge on any atom is 0.360 e. The van der Waals surface area contributed by atoms with Crippen molar-refractivity contribution in [1.82, 2.24) is 4.90 Å². The molecule has 14 heavy (non-hydrogen) atoms. The Labute approximate surface area is 80.8 Å². The van der Waals surface area contributed by atoms with E-state index >= 15 is 0 Å². The van der Waals surface area contributed by atoms with Crippen LogP contribution in [0.25, 0.3) is 0 Å². The van der Waals surface area contributed by atoms with E-state index in [0.717, 1.165) is 0 Å². The van der Waals surface area contributed by atoms with E-state index in [1.165, 1.54) is 24.0 Å². The number of amides is 2. The topological polar surface area (TPSA) is 90.9 Å². The van der Waals surface area contributed by atoms with Crippen molar-refractivity contribution >= 4 is 11.8 Å². The van der Waals surface area contributed by atoms with Crippen molar-refractivity contribution in [3.63, 3.8) is 0 Å². The minimum Gasteiger partial charge on any atom is -0.606 e. The molecule has 0 aliphatic carbocycles. The highest BCUT2D eigenvalue weighted by Crippen LogP contribution is 2.06. The molecular formula is C8H11N3O3. The molecule has 6 nitrogen and oxygen atoms in total. The number of allylic oxidation sites excluding steroid dienone is 2. The highest BCUT2D eigenvalue weighted by Gasteiger charge is 2.20. The molecule has 0 saturated carbocycles. The van der Waals surface area contributed by atoms with Gasteiger partial charge in [-0.2, -0.15) is 5.84 Å². The Morgan fingerprint density at radius 2 is 2.29 bits per heavy atom. The predicted molar refractivity (Wildman–Crippen MR) is 48.1 cm³/mol. The molecular weight excluding hydrogens is 186 g/mol. The first-order chi connectivity index (χ1) is 6.52. The van der Waals surface area contributed by atoms with Crippen LogP contribution < -0.4 is 11.0 Å². The molecule has 1 atom stereocenters. The molecule has 1 aliphatic heterocycles. The van der Waals surface area contributed by atoms with Crippen LogP contribution in [0.2, 0.25) is 0 Å². The Kier molecular flexibility index (Phi) is 3.13. The molecule has 1 heterocycles. The van der Waals surface area contributed by atoms with Gasteiger partial charge in [-0.15, -0.1) is 0 Å². The second kappa shape index (κ2) is 4.14. The molecule has 0 aromatic carbocycles. The van der Waals surface area contributed by atoms with Gasteiger partial charge in [-0.1, -0.05) is 0 Å². The minimum absolute atomic E-state index is 0.105. The number of hydrogen-bond donors (Lipinski definition) is 2. The summed E-state index contributed by atoms with van der Waals surface area (Å²) >= 11 is 0. The highest BCUT2D eigenvalue weighted by molar-refractivity contribution is 5.89. The van der Waals surface area contributed by atoms with Crippen LogP contribution in [0.1, 0.15) is 6.92 Å². The summed E-state index contributed by atoms with van der Waals surface area (Å²) in [6.07, 6.45) is 4.55. The van der Waals surface area contributed by atoms with Gasteiger partial charge >= 0.3 is 5.91 Å². The SMILES string of the molecule is CC(=O)N1C=CC=C(C(=O)[NH+](N)[O-])C1. The van der Waals surface area contributed by atoms with E-state index < -0.39 is 11.1 Å². The number of nitrogens with two attached hydrogens (primary N) is 1. The van der Waals surface area contributed by atoms with Gasteiger partial charge < -0.3 is 10.1 Å². The third-order valence-electron chi connectivity index (χ3n) is 1.82. The molecule has 0 spiro atoms. The van der Waals surface area contributed by atoms with Gasteiger partial charge in [0.05, 0.1) is 12.1 Å². The van der Waals surface area contributed by atoms with Crippen molar-refractivity contribution < 1.29 is 14.8 Å². The molecule has 0 radical (unpaired) electrons. The standard InChI is InChI=1S/C8H11N3O3/c1-6(12)10-4-2-3-7(5-10)8(13)11(9)14/h2-4,11H,5,9H2,1H3. The smallest absolute Gasteiger partial charge is 0.360 e. The summed E-state index contributed by atoms with van der Waals surface area (Å²) in [5.74, 6) is 3.89. The van der Waals surface area contributed by atoms with Crippen LogP contribution in [0.3, 0.4) is 0 Å². The van der Waals surface area contributed by atoms with Crippen LogP contribution in [0.5, 0.6) is 0 Å². The maximum absolute atomic E-state index is 11.2. The quantitative estimate of drug-likeness (QED) is 0.291. The van der Waals surface area contributed by atoms with E-state index in [-0.39, 0.29) is 18.0 Å². The zero-order chi connectivity index (χ0) is 10.7. The van der Waals surface area contributed by atoms with E-state index in [9.17, 15) is 14.8 Å². The van der Waals surface area contributed by atoms with Crippen molar-refractivity contribution in [2.24, 2.45) is 5.84 Å². The van der Waals surface area contributed by atoms with Gasteiger partial charge in [0.25, 0.3) is 0 Å². The summed E-state index contributed by atoms with van der Waals surface area (Å²) in [5, 5.41) is 9.57. The zero-order valence-electron chi connectivity index (χ0n) is 7.69. The summed E-state index contributed by atoms with van der Waals surface area (Å²) in [5.41, 5.74) is 0.232. The average Bonchev–Trinajstić information content (AvgIpc) is 2.16. The fourth-order valence-electron chi connectivity index (χ4n) is 1.07. The summed E-state index contributed by atoms with van der Waals surface area (Å²) in [7, 11) is 0. The highest BCUT2D eigenvalue weighted by atomic mass is 16.5. The lowest BCUT2D eigenvalue weighted by atomic mass is 10.2. The van der Waals surface area contributed by atoms with Crippen molar-refractivity contribution in [2.45, 2.75) is 6.92 Å². The predicted octanol–water partition coefficient (Wildman–Crippen LogP) is -1.93. The van der Waals surface area contributed by atoms with Crippen molar-refractivity contribution in [3.05, 3.63) is 29.1 Å². The first-order valence-corrected chi connectivity index (χ1v) is 4.01. The lowest BCUT2D eigenvalue weighted by Gasteiger charge is -2.21. The van der Waals surface area contributed by atoms with Crippen molar-refractivity contribution in [3.8, 4) is 0 Å². The Morgan fingerprint density at radius 3 is 2.79 bits per heavy atom. The molecule has 2 amide bonds. The van der Waals surface area contributed by atoms with Gasteiger partial charge in [0.2, 0.25) is 5.91 Å². The van der Waals surface area contributed by atoms with Gasteiger partial charge in [0.1, 0.15) is 0 Å². The molecule has 6 heteroatoms. The van der Waals surface area contributed by atoms with Crippen LogP contribution in [0.15, 0.2) is 23.9 Å². The fraction of sp³-hybridized carbons (Fsp3) is 0.250. The van der Waals surface area contributed by atoms with Gasteiger partial charge in [-0.25, -0.2) is 9.97 Å². The molecule has 0 aromatic rings. The summed E-state index contributed by atoms with van der Waals surface area (Å²) in [6.45, 7) is 1.48. The summed E-state index contributed by atoms with van der Waals surface area (Å²) < 4.78 is 0. The third-order valence-corrected chi connectivity index (χ3v) is 1.82. The molecule has 0 bridgehead atoms. The fourth-order valence-corrected chi connectivity index (χ4v) is 1.07. The number of quaternary nitrogens is 1. The molecule has 3 N–H and O–H groups in total. The van der Waals surface area contributed by atoms with Crippen LogP contribution in [0.4, 0.5) is 0 Å². The maximum atomic E-state index is 11.2. The van der Waals surface area contributed by atoms with Gasteiger partial charge in [-0.3, -0.25) is 4.79 Å². The van der Waals surface area contributed by atoms with Crippen LogP contribution in [-0.2, 0) is 9.59 Å². The molecule has 0 aromatic heterocycles. The van der Waals surface area contributed by atoms with Gasteiger partial charge in [0, 0.05) is 13.1 Å². The van der Waals surface area contributed by atoms with E-state index in [1.807, 2.05) is 0 Å². The normalized spacial score (nSPS) is 17.6. The molecule has 1 unspecified atom stereocenters. The Morgan fingerprint density at radius 1 is 1.64 bits per heavy atom. The van der Waals surface area contributed by atoms with E-state index in [4.69, 9.17) is 5.84 Å². The van der Waals surface area contributed by atoms with E-state index in [2.05, 4.69) is 0 Å². The number of hydrogen-bond acceptors (Lipinski definition) is 4. The Bertz CT molecular complexity index is 320. The molecule has 0 saturated heterocycles.